The van der Waals surface area contributed by atoms with E-state index in [0.29, 0.717) is 46.6 Å². The van der Waals surface area contributed by atoms with Crippen molar-refractivity contribution in [3.8, 4) is 11.5 Å². The van der Waals surface area contributed by atoms with Crippen molar-refractivity contribution in [1.82, 2.24) is 0 Å². The Bertz CT molecular complexity index is 1830. The molecule has 13 heteroatoms. The Morgan fingerprint density at radius 2 is 1.45 bits per heavy atom. The van der Waals surface area contributed by atoms with Crippen LogP contribution in [0.5, 0.6) is 11.5 Å². The summed E-state index contributed by atoms with van der Waals surface area (Å²) in [4.78, 5) is 20.1. The van der Waals surface area contributed by atoms with E-state index in [-0.39, 0.29) is 22.3 Å². The van der Waals surface area contributed by atoms with Crippen LogP contribution in [-0.4, -0.2) is 26.6 Å². The zero-order chi connectivity index (χ0) is 30.0. The molecule has 1 amide bonds. The van der Waals surface area contributed by atoms with Crippen LogP contribution < -0.4 is 13.8 Å². The van der Waals surface area contributed by atoms with Crippen molar-refractivity contribution in [2.45, 2.75) is 4.90 Å². The zero-order valence-electron chi connectivity index (χ0n) is 21.4. The second kappa shape index (κ2) is 12.7. The normalized spacial score (nSPS) is 15.5. The summed E-state index contributed by atoms with van der Waals surface area (Å²) >= 11 is 22.6. The lowest BCUT2D eigenvalue weighted by Gasteiger charge is -2.15. The number of amidine groups is 1. The number of carbonyl (C=O) groups is 1. The van der Waals surface area contributed by atoms with E-state index in [2.05, 4.69) is 20.9 Å². The van der Waals surface area contributed by atoms with E-state index < -0.39 is 10.1 Å². The first-order valence-corrected chi connectivity index (χ1v) is 16.1. The van der Waals surface area contributed by atoms with Crippen LogP contribution in [-0.2, 0) is 14.9 Å². The van der Waals surface area contributed by atoms with Gasteiger partial charge in [-0.05, 0) is 124 Å². The fraction of sp³-hybridized carbons (Fsp3) is 0.0345. The highest BCUT2D eigenvalue weighted by Gasteiger charge is 2.35. The van der Waals surface area contributed by atoms with Gasteiger partial charge in [0, 0.05) is 15.1 Å². The fourth-order valence-electron chi connectivity index (χ4n) is 3.81. The van der Waals surface area contributed by atoms with Gasteiger partial charge in [-0.15, -0.1) is 0 Å². The molecule has 1 fully saturated rings. The Kier molecular flexibility index (Phi) is 9.22. The Morgan fingerprint density at radius 3 is 2.05 bits per heavy atom. The number of thioether (sulfide) groups is 1. The topological polar surface area (TPSA) is 85.3 Å². The zero-order valence-corrected chi connectivity index (χ0v) is 26.9. The summed E-state index contributed by atoms with van der Waals surface area (Å²) in [6.07, 6.45) is 1.66. The third kappa shape index (κ3) is 6.80. The van der Waals surface area contributed by atoms with E-state index in [1.54, 1.807) is 66.7 Å². The lowest BCUT2D eigenvalue weighted by atomic mass is 10.2. The van der Waals surface area contributed by atoms with Crippen molar-refractivity contribution in [1.29, 1.82) is 0 Å². The van der Waals surface area contributed by atoms with Crippen molar-refractivity contribution in [2.24, 2.45) is 4.99 Å². The van der Waals surface area contributed by atoms with Crippen molar-refractivity contribution < 1.29 is 22.1 Å². The van der Waals surface area contributed by atoms with Crippen LogP contribution in [0.2, 0.25) is 15.1 Å². The van der Waals surface area contributed by atoms with Gasteiger partial charge in [-0.1, -0.05) is 34.8 Å². The maximum atomic E-state index is 13.7. The first-order valence-electron chi connectivity index (χ1n) is 12.0. The van der Waals surface area contributed by atoms with E-state index in [4.69, 9.17) is 43.7 Å². The molecule has 0 N–H and O–H groups in total. The number of halogens is 4. The number of anilines is 1. The molecule has 5 rings (SSSR count). The van der Waals surface area contributed by atoms with Crippen LogP contribution >= 0.6 is 62.5 Å². The van der Waals surface area contributed by atoms with Gasteiger partial charge in [0.2, 0.25) is 0 Å². The molecule has 1 aliphatic rings. The average molecular weight is 725 g/mol. The van der Waals surface area contributed by atoms with Crippen LogP contribution in [0.3, 0.4) is 0 Å². The maximum absolute atomic E-state index is 13.7. The van der Waals surface area contributed by atoms with E-state index in [9.17, 15) is 13.2 Å². The van der Waals surface area contributed by atoms with Crippen LogP contribution in [0.25, 0.3) is 6.08 Å². The standard InChI is InChI=1S/C29H18BrCl3N2O5S2/c1-39-25-15-17(14-24(30)27(25)40-42(37,38)23-12-6-20(33)7-13-23)16-26-28(36)35(22-10-4-19(32)5-11-22)29(41-26)34-21-8-2-18(31)3-9-21/h2-16H,1H3/b26-16-,34-29?. The van der Waals surface area contributed by atoms with Gasteiger partial charge in [-0.25, -0.2) is 4.99 Å². The number of hydrogen-bond donors (Lipinski definition) is 0. The second-order valence-electron chi connectivity index (χ2n) is 8.62. The minimum Gasteiger partial charge on any atom is -0.493 e. The third-order valence-corrected chi connectivity index (χ3v) is 9.34. The van der Waals surface area contributed by atoms with Gasteiger partial charge < -0.3 is 8.92 Å². The molecule has 0 radical (unpaired) electrons. The highest BCUT2D eigenvalue weighted by molar-refractivity contribution is 9.10. The summed E-state index contributed by atoms with van der Waals surface area (Å²) in [6.45, 7) is 0. The number of carbonyl (C=O) groups excluding carboxylic acids is 1. The van der Waals surface area contributed by atoms with Crippen molar-refractivity contribution in [3.63, 3.8) is 0 Å². The van der Waals surface area contributed by atoms with Crippen molar-refractivity contribution in [3.05, 3.63) is 115 Å². The summed E-state index contributed by atoms with van der Waals surface area (Å²) in [5.41, 5.74) is 1.75. The number of amides is 1. The van der Waals surface area contributed by atoms with Gasteiger partial charge in [0.25, 0.3) is 5.91 Å². The van der Waals surface area contributed by atoms with Crippen LogP contribution in [0.15, 0.2) is 104 Å². The average Bonchev–Trinajstić information content (AvgIpc) is 3.25. The van der Waals surface area contributed by atoms with Crippen molar-refractivity contribution >= 4 is 101 Å². The predicted molar refractivity (Wildman–Crippen MR) is 173 cm³/mol. The third-order valence-electron chi connectivity index (χ3n) is 5.79. The number of nitrogens with zero attached hydrogens (tertiary/aromatic N) is 2. The molecule has 0 aliphatic carbocycles. The fourth-order valence-corrected chi connectivity index (χ4v) is 6.79. The molecule has 4 aromatic rings. The summed E-state index contributed by atoms with van der Waals surface area (Å²) in [5, 5.41) is 1.91. The van der Waals surface area contributed by atoms with Crippen LogP contribution in [0, 0.1) is 0 Å². The molecule has 0 spiro atoms. The lowest BCUT2D eigenvalue weighted by molar-refractivity contribution is -0.113. The number of aliphatic imine (C=N–C) groups is 1. The van der Waals surface area contributed by atoms with Gasteiger partial charge >= 0.3 is 10.1 Å². The van der Waals surface area contributed by atoms with Gasteiger partial charge in [0.15, 0.2) is 16.7 Å². The van der Waals surface area contributed by atoms with E-state index >= 15 is 0 Å². The SMILES string of the molecule is COc1cc(/C=C2\SC(=Nc3ccc(Cl)cc3)N(c3ccc(Cl)cc3)C2=O)cc(Br)c1OS(=O)(=O)c1ccc(Cl)cc1. The minimum atomic E-state index is -4.19. The first-order chi connectivity index (χ1) is 20.0. The van der Waals surface area contributed by atoms with Gasteiger partial charge in [-0.2, -0.15) is 8.42 Å². The number of hydrogen-bond acceptors (Lipinski definition) is 7. The molecule has 0 saturated carbocycles. The Labute approximate surface area is 270 Å². The molecule has 214 valence electrons. The molecular formula is C29H18BrCl3N2O5S2. The minimum absolute atomic E-state index is 0.0483. The van der Waals surface area contributed by atoms with Crippen LogP contribution in [0.4, 0.5) is 11.4 Å². The van der Waals surface area contributed by atoms with Gasteiger partial charge in [0.05, 0.1) is 27.9 Å². The molecule has 0 bridgehead atoms. The van der Waals surface area contributed by atoms with E-state index in [0.717, 1.165) is 0 Å². The lowest BCUT2D eigenvalue weighted by Crippen LogP contribution is -2.28. The molecule has 0 atom stereocenters. The highest BCUT2D eigenvalue weighted by atomic mass is 79.9. The smallest absolute Gasteiger partial charge is 0.339 e. The van der Waals surface area contributed by atoms with Crippen LogP contribution in [0.1, 0.15) is 5.56 Å². The Hall–Kier alpha value is -2.99. The van der Waals surface area contributed by atoms with E-state index in [1.165, 1.54) is 48.0 Å². The summed E-state index contributed by atoms with van der Waals surface area (Å²) in [5.74, 6) is -0.225. The molecule has 1 heterocycles. The number of methoxy groups -OCH3 is 1. The van der Waals surface area contributed by atoms with Gasteiger partial charge in [-0.3, -0.25) is 9.69 Å². The molecule has 1 aliphatic heterocycles. The number of benzene rings is 4. The number of ether oxygens (including phenoxy) is 1. The molecule has 0 unspecified atom stereocenters. The highest BCUT2D eigenvalue weighted by Crippen LogP contribution is 2.42. The second-order valence-corrected chi connectivity index (χ2v) is 13.3. The molecular weight excluding hydrogens is 707 g/mol. The first kappa shape index (κ1) is 30.5. The number of rotatable bonds is 7. The maximum Gasteiger partial charge on any atom is 0.339 e. The largest absolute Gasteiger partial charge is 0.493 e. The van der Waals surface area contributed by atoms with E-state index in [1.807, 2.05) is 0 Å². The summed E-state index contributed by atoms with van der Waals surface area (Å²) < 4.78 is 37.0. The Balaban J connectivity index is 1.51. The van der Waals surface area contributed by atoms with Crippen molar-refractivity contribution in [2.75, 3.05) is 12.0 Å². The molecule has 1 saturated heterocycles. The monoisotopic (exact) mass is 722 g/mol. The summed E-state index contributed by atoms with van der Waals surface area (Å²) in [6, 6.07) is 22.6. The summed E-state index contributed by atoms with van der Waals surface area (Å²) in [7, 11) is -2.81. The predicted octanol–water partition coefficient (Wildman–Crippen LogP) is 8.99. The molecule has 7 nitrogen and oxygen atoms in total. The molecule has 0 aromatic heterocycles. The molecule has 42 heavy (non-hydrogen) atoms. The Morgan fingerprint density at radius 1 is 0.881 bits per heavy atom. The van der Waals surface area contributed by atoms with Gasteiger partial charge in [0.1, 0.15) is 4.90 Å². The molecule has 4 aromatic carbocycles. The quantitative estimate of drug-likeness (QED) is 0.140.